The Morgan fingerprint density at radius 3 is 2.29 bits per heavy atom. The SMILES string of the molecule is COCCNC(=O)Nc1cc(OC)c(OC)cc1C(=O)O. The van der Waals surface area contributed by atoms with Gasteiger partial charge in [-0.2, -0.15) is 0 Å². The van der Waals surface area contributed by atoms with Crippen LogP contribution in [0.1, 0.15) is 10.4 Å². The molecule has 0 atom stereocenters. The molecule has 1 aromatic carbocycles. The average molecular weight is 298 g/mol. The first-order chi connectivity index (χ1) is 10.0. The van der Waals surface area contributed by atoms with Crippen LogP contribution in [0.15, 0.2) is 12.1 Å². The number of hydrogen-bond acceptors (Lipinski definition) is 5. The molecule has 0 saturated heterocycles. The number of rotatable bonds is 7. The Morgan fingerprint density at radius 2 is 1.76 bits per heavy atom. The third-order valence-electron chi connectivity index (χ3n) is 2.59. The van der Waals surface area contributed by atoms with Crippen LogP contribution in [-0.2, 0) is 4.74 Å². The quantitative estimate of drug-likeness (QED) is 0.652. The Kier molecular flexibility index (Phi) is 6.28. The van der Waals surface area contributed by atoms with E-state index in [1.165, 1.54) is 33.5 Å². The number of amides is 2. The minimum atomic E-state index is -1.19. The molecule has 1 rings (SSSR count). The van der Waals surface area contributed by atoms with E-state index in [1.54, 1.807) is 0 Å². The van der Waals surface area contributed by atoms with Crippen LogP contribution in [0, 0.1) is 0 Å². The molecule has 0 spiro atoms. The van der Waals surface area contributed by atoms with Gasteiger partial charge in [-0.15, -0.1) is 0 Å². The number of urea groups is 1. The van der Waals surface area contributed by atoms with Gasteiger partial charge in [0, 0.05) is 25.8 Å². The molecule has 21 heavy (non-hydrogen) atoms. The molecule has 0 radical (unpaired) electrons. The van der Waals surface area contributed by atoms with Gasteiger partial charge < -0.3 is 30.0 Å². The summed E-state index contributed by atoms with van der Waals surface area (Å²) < 4.78 is 14.9. The van der Waals surface area contributed by atoms with Crippen molar-refractivity contribution in [3.63, 3.8) is 0 Å². The van der Waals surface area contributed by atoms with Crippen LogP contribution in [0.2, 0.25) is 0 Å². The van der Waals surface area contributed by atoms with E-state index in [0.717, 1.165) is 0 Å². The van der Waals surface area contributed by atoms with Crippen molar-refractivity contribution in [2.75, 3.05) is 39.8 Å². The lowest BCUT2D eigenvalue weighted by atomic mass is 10.1. The lowest BCUT2D eigenvalue weighted by molar-refractivity contribution is 0.0697. The molecule has 0 aliphatic carbocycles. The largest absolute Gasteiger partial charge is 0.493 e. The number of carbonyl (C=O) groups excluding carboxylic acids is 1. The normalized spacial score (nSPS) is 9.86. The Labute approximate surface area is 122 Å². The molecular formula is C13H18N2O6. The number of aromatic carboxylic acids is 1. The second-order valence-corrected chi connectivity index (χ2v) is 3.93. The van der Waals surface area contributed by atoms with Crippen molar-refractivity contribution in [2.45, 2.75) is 0 Å². The molecule has 116 valence electrons. The molecule has 0 aliphatic heterocycles. The van der Waals surface area contributed by atoms with Crippen molar-refractivity contribution in [2.24, 2.45) is 0 Å². The third-order valence-corrected chi connectivity index (χ3v) is 2.59. The third kappa shape index (κ3) is 4.53. The molecule has 2 amide bonds. The lowest BCUT2D eigenvalue weighted by Crippen LogP contribution is -2.31. The predicted molar refractivity (Wildman–Crippen MR) is 75.4 cm³/mol. The summed E-state index contributed by atoms with van der Waals surface area (Å²) in [6.45, 7) is 0.656. The molecule has 0 saturated carbocycles. The van der Waals surface area contributed by atoms with Crippen LogP contribution < -0.4 is 20.1 Å². The maximum absolute atomic E-state index is 11.7. The van der Waals surface area contributed by atoms with Crippen LogP contribution >= 0.6 is 0 Å². The van der Waals surface area contributed by atoms with Gasteiger partial charge in [0.1, 0.15) is 0 Å². The van der Waals surface area contributed by atoms with E-state index < -0.39 is 12.0 Å². The lowest BCUT2D eigenvalue weighted by Gasteiger charge is -2.14. The van der Waals surface area contributed by atoms with Gasteiger partial charge in [0.05, 0.1) is 32.1 Å². The first-order valence-corrected chi connectivity index (χ1v) is 6.06. The van der Waals surface area contributed by atoms with Crippen molar-refractivity contribution in [3.8, 4) is 11.5 Å². The van der Waals surface area contributed by atoms with Crippen molar-refractivity contribution in [3.05, 3.63) is 17.7 Å². The average Bonchev–Trinajstić information content (AvgIpc) is 2.46. The summed E-state index contributed by atoms with van der Waals surface area (Å²) in [5, 5.41) is 14.2. The minimum Gasteiger partial charge on any atom is -0.493 e. The van der Waals surface area contributed by atoms with Crippen LogP contribution in [0.3, 0.4) is 0 Å². The van der Waals surface area contributed by atoms with Crippen molar-refractivity contribution in [1.82, 2.24) is 5.32 Å². The second-order valence-electron chi connectivity index (χ2n) is 3.93. The number of carboxylic acid groups (broad SMARTS) is 1. The highest BCUT2D eigenvalue weighted by molar-refractivity contribution is 6.01. The van der Waals surface area contributed by atoms with Gasteiger partial charge in [0.15, 0.2) is 11.5 Å². The molecule has 0 unspecified atom stereocenters. The van der Waals surface area contributed by atoms with Gasteiger partial charge in [-0.25, -0.2) is 9.59 Å². The molecule has 0 aromatic heterocycles. The van der Waals surface area contributed by atoms with Crippen LogP contribution in [0.25, 0.3) is 0 Å². The Bertz CT molecular complexity index is 518. The van der Waals surface area contributed by atoms with Crippen LogP contribution in [-0.4, -0.2) is 51.6 Å². The number of carboxylic acids is 1. The predicted octanol–water partition coefficient (Wildman–Crippen LogP) is 1.17. The molecule has 0 bridgehead atoms. The first-order valence-electron chi connectivity index (χ1n) is 6.06. The zero-order valence-electron chi connectivity index (χ0n) is 12.1. The van der Waals surface area contributed by atoms with Gasteiger partial charge >= 0.3 is 12.0 Å². The number of hydrogen-bond donors (Lipinski definition) is 3. The van der Waals surface area contributed by atoms with Gasteiger partial charge in [0.25, 0.3) is 0 Å². The molecule has 8 nitrogen and oxygen atoms in total. The van der Waals surface area contributed by atoms with Gasteiger partial charge in [-0.3, -0.25) is 0 Å². The van der Waals surface area contributed by atoms with Crippen molar-refractivity contribution < 1.29 is 28.9 Å². The fourth-order valence-corrected chi connectivity index (χ4v) is 1.59. The highest BCUT2D eigenvalue weighted by Crippen LogP contribution is 2.33. The first kappa shape index (κ1) is 16.6. The Hall–Kier alpha value is -2.48. The summed E-state index contributed by atoms with van der Waals surface area (Å²) in [4.78, 5) is 22.9. The minimum absolute atomic E-state index is 0.102. The van der Waals surface area contributed by atoms with Gasteiger partial charge in [-0.1, -0.05) is 0 Å². The van der Waals surface area contributed by atoms with E-state index in [4.69, 9.17) is 14.2 Å². The molecule has 0 heterocycles. The molecular weight excluding hydrogens is 280 g/mol. The Morgan fingerprint density at radius 1 is 1.14 bits per heavy atom. The fourth-order valence-electron chi connectivity index (χ4n) is 1.59. The Balaban J connectivity index is 2.98. The second kappa shape index (κ2) is 7.95. The molecule has 1 aromatic rings. The van der Waals surface area contributed by atoms with E-state index in [-0.39, 0.29) is 17.0 Å². The van der Waals surface area contributed by atoms with E-state index in [2.05, 4.69) is 10.6 Å². The zero-order valence-corrected chi connectivity index (χ0v) is 12.1. The van der Waals surface area contributed by atoms with Crippen LogP contribution in [0.4, 0.5) is 10.5 Å². The number of anilines is 1. The number of carbonyl (C=O) groups is 2. The van der Waals surface area contributed by atoms with Crippen molar-refractivity contribution in [1.29, 1.82) is 0 Å². The maximum Gasteiger partial charge on any atom is 0.337 e. The van der Waals surface area contributed by atoms with Crippen LogP contribution in [0.5, 0.6) is 11.5 Å². The molecule has 0 aliphatic rings. The standard InChI is InChI=1S/C13H18N2O6/c1-19-5-4-14-13(18)15-9-7-11(21-3)10(20-2)6-8(9)12(16)17/h6-7H,4-5H2,1-3H3,(H,16,17)(H2,14,15,18). The van der Waals surface area contributed by atoms with Crippen molar-refractivity contribution >= 4 is 17.7 Å². The van der Waals surface area contributed by atoms with E-state index in [1.807, 2.05) is 0 Å². The van der Waals surface area contributed by atoms with E-state index >= 15 is 0 Å². The summed E-state index contributed by atoms with van der Waals surface area (Å²) >= 11 is 0. The van der Waals surface area contributed by atoms with E-state index in [9.17, 15) is 14.7 Å². The smallest absolute Gasteiger partial charge is 0.337 e. The molecule has 0 fully saturated rings. The number of nitrogens with one attached hydrogen (secondary N) is 2. The van der Waals surface area contributed by atoms with Gasteiger partial charge in [-0.05, 0) is 0 Å². The van der Waals surface area contributed by atoms with Gasteiger partial charge in [0.2, 0.25) is 0 Å². The number of ether oxygens (including phenoxy) is 3. The summed E-state index contributed by atoms with van der Waals surface area (Å²) in [5.41, 5.74) is 0.00427. The maximum atomic E-state index is 11.7. The summed E-state index contributed by atoms with van der Waals surface area (Å²) in [6, 6.07) is 2.13. The van der Waals surface area contributed by atoms with E-state index in [0.29, 0.717) is 18.9 Å². The highest BCUT2D eigenvalue weighted by Gasteiger charge is 2.17. The summed E-state index contributed by atoms with van der Waals surface area (Å²) in [5.74, 6) is -0.613. The summed E-state index contributed by atoms with van der Waals surface area (Å²) in [7, 11) is 4.32. The number of benzene rings is 1. The monoisotopic (exact) mass is 298 g/mol. The molecule has 3 N–H and O–H groups in total. The highest BCUT2D eigenvalue weighted by atomic mass is 16.5. The topological polar surface area (TPSA) is 106 Å². The fraction of sp³-hybridized carbons (Fsp3) is 0.385. The zero-order chi connectivity index (χ0) is 15.8. The summed E-state index contributed by atoms with van der Waals surface area (Å²) in [6.07, 6.45) is 0. The molecule has 8 heteroatoms. The number of methoxy groups -OCH3 is 3.